The van der Waals surface area contributed by atoms with Gasteiger partial charge in [0.25, 0.3) is 0 Å². The highest BCUT2D eigenvalue weighted by molar-refractivity contribution is 6.08. The molecular weight excluding hydrogens is 372 g/mol. The van der Waals surface area contributed by atoms with Crippen LogP contribution in [0.2, 0.25) is 0 Å². The summed E-state index contributed by atoms with van der Waals surface area (Å²) in [6, 6.07) is 11.8. The Hall–Kier alpha value is -2.36. The molecule has 2 fully saturated rings. The minimum atomic E-state index is 0.0837. The lowest BCUT2D eigenvalue weighted by Crippen LogP contribution is -2.14. The summed E-state index contributed by atoms with van der Waals surface area (Å²) in [7, 11) is 0. The predicted molar refractivity (Wildman–Crippen MR) is 124 cm³/mol. The van der Waals surface area contributed by atoms with Gasteiger partial charge in [-0.2, -0.15) is 0 Å². The van der Waals surface area contributed by atoms with Crippen LogP contribution in [0.15, 0.2) is 36.4 Å². The number of fused-ring (bicyclic) bond motifs is 1. The van der Waals surface area contributed by atoms with Crippen molar-refractivity contribution < 1.29 is 9.59 Å². The Morgan fingerprint density at radius 2 is 1.07 bits per heavy atom. The molecule has 0 heterocycles. The van der Waals surface area contributed by atoms with Crippen LogP contribution in [0.4, 0.5) is 11.4 Å². The van der Waals surface area contributed by atoms with Crippen molar-refractivity contribution in [2.75, 3.05) is 10.6 Å². The van der Waals surface area contributed by atoms with E-state index in [1.54, 1.807) is 0 Å². The predicted octanol–water partition coefficient (Wildman–Crippen LogP) is 6.66. The molecule has 0 unspecified atom stereocenters. The first-order chi connectivity index (χ1) is 14.7. The second-order valence-electron chi connectivity index (χ2n) is 9.18. The van der Waals surface area contributed by atoms with Gasteiger partial charge in [-0.25, -0.2) is 0 Å². The fraction of sp³-hybridized carbons (Fsp3) is 0.538. The molecular formula is C26H34N2O2. The lowest BCUT2D eigenvalue weighted by atomic mass is 10.0. The van der Waals surface area contributed by atoms with E-state index in [1.807, 2.05) is 36.4 Å². The molecule has 4 nitrogen and oxygen atoms in total. The number of hydrogen-bond acceptors (Lipinski definition) is 2. The van der Waals surface area contributed by atoms with Crippen LogP contribution in [0.25, 0.3) is 10.8 Å². The fourth-order valence-electron chi connectivity index (χ4n) is 5.22. The summed E-state index contributed by atoms with van der Waals surface area (Å²) < 4.78 is 0. The number of benzene rings is 2. The van der Waals surface area contributed by atoms with E-state index in [2.05, 4.69) is 10.6 Å². The van der Waals surface area contributed by atoms with Gasteiger partial charge in [0.15, 0.2) is 0 Å². The SMILES string of the molecule is O=C(CCC1CCCC1)Nc1cccc2c(NC(=O)CCC3CCCC3)cccc12. The molecule has 0 saturated heterocycles. The van der Waals surface area contributed by atoms with Crippen molar-refractivity contribution in [1.29, 1.82) is 0 Å². The number of anilines is 2. The van der Waals surface area contributed by atoms with Crippen LogP contribution >= 0.6 is 0 Å². The van der Waals surface area contributed by atoms with Gasteiger partial charge >= 0.3 is 0 Å². The zero-order valence-corrected chi connectivity index (χ0v) is 17.9. The quantitative estimate of drug-likeness (QED) is 0.515. The Balaban J connectivity index is 1.39. The maximum absolute atomic E-state index is 12.5. The number of rotatable bonds is 8. The van der Waals surface area contributed by atoms with Crippen LogP contribution in [0, 0.1) is 11.8 Å². The Kier molecular flexibility index (Phi) is 7.03. The van der Waals surface area contributed by atoms with E-state index in [9.17, 15) is 9.59 Å². The van der Waals surface area contributed by atoms with E-state index in [-0.39, 0.29) is 11.8 Å². The molecule has 0 aromatic heterocycles. The molecule has 0 atom stereocenters. The lowest BCUT2D eigenvalue weighted by Gasteiger charge is -2.14. The summed E-state index contributed by atoms with van der Waals surface area (Å²) in [5, 5.41) is 8.15. The van der Waals surface area contributed by atoms with Crippen LogP contribution in [0.3, 0.4) is 0 Å². The molecule has 0 aliphatic heterocycles. The summed E-state index contributed by atoms with van der Waals surface area (Å²) >= 11 is 0. The number of hydrogen-bond donors (Lipinski definition) is 2. The second-order valence-corrected chi connectivity index (χ2v) is 9.18. The summed E-state index contributed by atoms with van der Waals surface area (Å²) in [5.41, 5.74) is 1.65. The van der Waals surface area contributed by atoms with Crippen molar-refractivity contribution in [2.45, 2.75) is 77.0 Å². The van der Waals surface area contributed by atoms with E-state index in [0.717, 1.165) is 35.0 Å². The standard InChI is InChI=1S/C26H34N2O2/c29-25(17-15-19-7-1-2-8-19)27-23-13-5-12-22-21(23)11-6-14-24(22)28-26(30)18-16-20-9-3-4-10-20/h5-6,11-14,19-20H,1-4,7-10,15-18H2,(H,27,29)(H,28,30). The van der Waals surface area contributed by atoms with Crippen molar-refractivity contribution >= 4 is 34.0 Å². The third-order valence-corrected chi connectivity index (χ3v) is 6.98. The van der Waals surface area contributed by atoms with Gasteiger partial charge < -0.3 is 10.6 Å². The van der Waals surface area contributed by atoms with E-state index in [1.165, 1.54) is 51.4 Å². The first-order valence-electron chi connectivity index (χ1n) is 11.8. The van der Waals surface area contributed by atoms with Gasteiger partial charge in [0, 0.05) is 35.0 Å². The zero-order chi connectivity index (χ0) is 20.8. The molecule has 2 N–H and O–H groups in total. The highest BCUT2D eigenvalue weighted by Crippen LogP contribution is 2.32. The molecule has 2 aliphatic carbocycles. The molecule has 2 amide bonds. The highest BCUT2D eigenvalue weighted by atomic mass is 16.2. The van der Waals surface area contributed by atoms with Gasteiger partial charge in [0.1, 0.15) is 0 Å². The molecule has 4 heteroatoms. The van der Waals surface area contributed by atoms with Crippen molar-refractivity contribution in [3.63, 3.8) is 0 Å². The largest absolute Gasteiger partial charge is 0.326 e. The maximum Gasteiger partial charge on any atom is 0.224 e. The molecule has 160 valence electrons. The van der Waals surface area contributed by atoms with E-state index in [4.69, 9.17) is 0 Å². The Morgan fingerprint density at radius 1 is 0.667 bits per heavy atom. The summed E-state index contributed by atoms with van der Waals surface area (Å²) in [6.45, 7) is 0. The van der Waals surface area contributed by atoms with Crippen LogP contribution < -0.4 is 10.6 Å². The van der Waals surface area contributed by atoms with Crippen molar-refractivity contribution in [3.05, 3.63) is 36.4 Å². The molecule has 2 saturated carbocycles. The number of carbonyl (C=O) groups excluding carboxylic acids is 2. The molecule has 30 heavy (non-hydrogen) atoms. The van der Waals surface area contributed by atoms with Crippen LogP contribution in [-0.2, 0) is 9.59 Å². The Labute approximate surface area is 179 Å². The highest BCUT2D eigenvalue weighted by Gasteiger charge is 2.18. The second kappa shape index (κ2) is 10.1. The van der Waals surface area contributed by atoms with Crippen molar-refractivity contribution in [3.8, 4) is 0 Å². The van der Waals surface area contributed by atoms with Crippen LogP contribution in [0.5, 0.6) is 0 Å². The van der Waals surface area contributed by atoms with Gasteiger partial charge in [0.05, 0.1) is 0 Å². The smallest absolute Gasteiger partial charge is 0.224 e. The zero-order valence-electron chi connectivity index (χ0n) is 17.9. The number of amides is 2. The van der Waals surface area contributed by atoms with Crippen LogP contribution in [-0.4, -0.2) is 11.8 Å². The average molecular weight is 407 g/mol. The monoisotopic (exact) mass is 406 g/mol. The van der Waals surface area contributed by atoms with Gasteiger partial charge in [-0.05, 0) is 36.8 Å². The fourth-order valence-corrected chi connectivity index (χ4v) is 5.22. The van der Waals surface area contributed by atoms with Gasteiger partial charge in [-0.15, -0.1) is 0 Å². The number of carbonyl (C=O) groups is 2. The maximum atomic E-state index is 12.5. The van der Waals surface area contributed by atoms with E-state index in [0.29, 0.717) is 24.7 Å². The first kappa shape index (κ1) is 20.9. The summed E-state index contributed by atoms with van der Waals surface area (Å²) in [4.78, 5) is 25.0. The first-order valence-corrected chi connectivity index (χ1v) is 11.8. The lowest BCUT2D eigenvalue weighted by molar-refractivity contribution is -0.117. The molecule has 0 bridgehead atoms. The average Bonchev–Trinajstić information content (AvgIpc) is 3.46. The summed E-state index contributed by atoms with van der Waals surface area (Å²) in [6.07, 6.45) is 13.5. The topological polar surface area (TPSA) is 58.2 Å². The Bertz CT molecular complexity index is 806. The molecule has 4 rings (SSSR count). The van der Waals surface area contributed by atoms with Gasteiger partial charge in [0.2, 0.25) is 11.8 Å². The minimum absolute atomic E-state index is 0.0837. The van der Waals surface area contributed by atoms with E-state index < -0.39 is 0 Å². The molecule has 2 aromatic rings. The van der Waals surface area contributed by atoms with Crippen molar-refractivity contribution in [2.24, 2.45) is 11.8 Å². The normalized spacial score (nSPS) is 17.5. The minimum Gasteiger partial charge on any atom is -0.326 e. The van der Waals surface area contributed by atoms with Crippen LogP contribution in [0.1, 0.15) is 77.0 Å². The third kappa shape index (κ3) is 5.41. The van der Waals surface area contributed by atoms with E-state index >= 15 is 0 Å². The molecule has 2 aliphatic rings. The molecule has 2 aromatic carbocycles. The van der Waals surface area contributed by atoms with Crippen molar-refractivity contribution in [1.82, 2.24) is 0 Å². The van der Waals surface area contributed by atoms with Gasteiger partial charge in [-0.3, -0.25) is 9.59 Å². The number of nitrogens with one attached hydrogen (secondary N) is 2. The van der Waals surface area contributed by atoms with Gasteiger partial charge in [-0.1, -0.05) is 75.6 Å². The summed E-state index contributed by atoms with van der Waals surface area (Å²) in [5.74, 6) is 1.60. The molecule has 0 radical (unpaired) electrons. The third-order valence-electron chi connectivity index (χ3n) is 6.98. The Morgan fingerprint density at radius 3 is 1.47 bits per heavy atom. The molecule has 0 spiro atoms.